The molecule has 0 N–H and O–H groups in total. The van der Waals surface area contributed by atoms with Gasteiger partial charge in [-0.15, -0.1) is 0 Å². The van der Waals surface area contributed by atoms with Crippen LogP contribution in [0.25, 0.3) is 0 Å². The molecule has 4 nitrogen and oxygen atoms in total. The van der Waals surface area contributed by atoms with Crippen molar-refractivity contribution in [2.75, 3.05) is 6.61 Å². The number of carbonyl (C=O) groups excluding carboxylic acids is 3. The predicted molar refractivity (Wildman–Crippen MR) is 68.6 cm³/mol. The standard InChI is InChI=1S/C15H16O4/c1-2-19-15(18)14-12(8-11(16)9-13(14)17)10-6-4-3-5-7-10/h3-7,12,14H,2,8-9H2,1H3/t12-,14+/m0/s1. The Balaban J connectivity index is 2.32. The lowest BCUT2D eigenvalue weighted by Gasteiger charge is -2.28. The van der Waals surface area contributed by atoms with Gasteiger partial charge in [-0.1, -0.05) is 30.3 Å². The van der Waals surface area contributed by atoms with Crippen LogP contribution in [0.15, 0.2) is 30.3 Å². The zero-order chi connectivity index (χ0) is 13.8. The Bertz CT molecular complexity index is 492. The smallest absolute Gasteiger partial charge is 0.317 e. The van der Waals surface area contributed by atoms with Crippen LogP contribution in [0.4, 0.5) is 0 Å². The first-order chi connectivity index (χ1) is 9.13. The summed E-state index contributed by atoms with van der Waals surface area (Å²) in [6.45, 7) is 1.94. The van der Waals surface area contributed by atoms with E-state index in [4.69, 9.17) is 4.74 Å². The summed E-state index contributed by atoms with van der Waals surface area (Å²) in [4.78, 5) is 35.5. The largest absolute Gasteiger partial charge is 0.465 e. The molecule has 0 aromatic heterocycles. The Morgan fingerprint density at radius 2 is 1.95 bits per heavy atom. The molecule has 1 aromatic carbocycles. The van der Waals surface area contributed by atoms with Gasteiger partial charge in [0.05, 0.1) is 13.0 Å². The van der Waals surface area contributed by atoms with Crippen molar-refractivity contribution in [3.8, 4) is 0 Å². The molecule has 4 heteroatoms. The molecule has 2 rings (SSSR count). The molecule has 1 aliphatic carbocycles. The van der Waals surface area contributed by atoms with Gasteiger partial charge >= 0.3 is 5.97 Å². The normalized spacial score (nSPS) is 23.2. The van der Waals surface area contributed by atoms with Crippen molar-refractivity contribution in [1.82, 2.24) is 0 Å². The molecule has 1 aromatic rings. The lowest BCUT2D eigenvalue weighted by molar-refractivity contribution is -0.154. The highest BCUT2D eigenvalue weighted by molar-refractivity contribution is 6.11. The second-order valence-corrected chi connectivity index (χ2v) is 4.63. The molecule has 0 saturated heterocycles. The van der Waals surface area contributed by atoms with E-state index in [1.807, 2.05) is 30.3 Å². The van der Waals surface area contributed by atoms with Gasteiger partial charge in [0, 0.05) is 12.3 Å². The highest BCUT2D eigenvalue weighted by Gasteiger charge is 2.42. The zero-order valence-electron chi connectivity index (χ0n) is 10.8. The third-order valence-corrected chi connectivity index (χ3v) is 3.34. The van der Waals surface area contributed by atoms with E-state index in [-0.39, 0.29) is 31.0 Å². The number of benzene rings is 1. The summed E-state index contributed by atoms with van der Waals surface area (Å²) in [6.07, 6.45) is 0.0616. The average molecular weight is 260 g/mol. The number of hydrogen-bond acceptors (Lipinski definition) is 4. The van der Waals surface area contributed by atoms with E-state index < -0.39 is 17.8 Å². The fraction of sp³-hybridized carbons (Fsp3) is 0.400. The van der Waals surface area contributed by atoms with Crippen molar-refractivity contribution in [2.45, 2.75) is 25.7 Å². The van der Waals surface area contributed by atoms with E-state index in [0.717, 1.165) is 5.56 Å². The van der Waals surface area contributed by atoms with Crippen LogP contribution in [0.2, 0.25) is 0 Å². The van der Waals surface area contributed by atoms with Gasteiger partial charge in [-0.3, -0.25) is 14.4 Å². The van der Waals surface area contributed by atoms with E-state index in [0.29, 0.717) is 0 Å². The Kier molecular flexibility index (Phi) is 4.10. The Hall–Kier alpha value is -1.97. The number of ketones is 2. The highest BCUT2D eigenvalue weighted by atomic mass is 16.5. The maximum Gasteiger partial charge on any atom is 0.317 e. The van der Waals surface area contributed by atoms with E-state index >= 15 is 0 Å². The molecule has 0 spiro atoms. The minimum atomic E-state index is -0.847. The highest BCUT2D eigenvalue weighted by Crippen LogP contribution is 2.35. The van der Waals surface area contributed by atoms with Crippen LogP contribution in [0, 0.1) is 5.92 Å². The van der Waals surface area contributed by atoms with Crippen molar-refractivity contribution in [3.63, 3.8) is 0 Å². The van der Waals surface area contributed by atoms with Gasteiger partial charge < -0.3 is 4.74 Å². The summed E-state index contributed by atoms with van der Waals surface area (Å²) in [5.41, 5.74) is 0.835. The predicted octanol–water partition coefficient (Wildman–Crippen LogP) is 1.88. The Morgan fingerprint density at radius 3 is 2.58 bits per heavy atom. The van der Waals surface area contributed by atoms with Crippen LogP contribution >= 0.6 is 0 Å². The quantitative estimate of drug-likeness (QED) is 0.615. The summed E-state index contributed by atoms with van der Waals surface area (Å²) in [7, 11) is 0. The molecule has 1 saturated carbocycles. The second-order valence-electron chi connectivity index (χ2n) is 4.63. The van der Waals surface area contributed by atoms with Crippen molar-refractivity contribution in [2.24, 2.45) is 5.92 Å². The molecular weight excluding hydrogens is 244 g/mol. The summed E-state index contributed by atoms with van der Waals surface area (Å²) in [6, 6.07) is 9.20. The Labute approximate surface area is 111 Å². The summed E-state index contributed by atoms with van der Waals surface area (Å²) in [5.74, 6) is -2.20. The van der Waals surface area contributed by atoms with Gasteiger partial charge in [0.2, 0.25) is 0 Å². The van der Waals surface area contributed by atoms with E-state index in [1.165, 1.54) is 0 Å². The molecule has 0 heterocycles. The fourth-order valence-corrected chi connectivity index (χ4v) is 2.50. The van der Waals surface area contributed by atoms with Gasteiger partial charge in [-0.25, -0.2) is 0 Å². The van der Waals surface area contributed by atoms with Gasteiger partial charge in [0.15, 0.2) is 5.78 Å². The minimum Gasteiger partial charge on any atom is -0.465 e. The topological polar surface area (TPSA) is 60.4 Å². The second kappa shape index (κ2) is 5.78. The third kappa shape index (κ3) is 2.89. The summed E-state index contributed by atoms with van der Waals surface area (Å²) < 4.78 is 4.97. The Morgan fingerprint density at radius 1 is 1.26 bits per heavy atom. The molecule has 2 atom stereocenters. The van der Waals surface area contributed by atoms with Gasteiger partial charge in [-0.05, 0) is 12.5 Å². The number of rotatable bonds is 3. The van der Waals surface area contributed by atoms with E-state index in [9.17, 15) is 14.4 Å². The van der Waals surface area contributed by atoms with Crippen LogP contribution in [-0.4, -0.2) is 24.1 Å². The van der Waals surface area contributed by atoms with E-state index in [2.05, 4.69) is 0 Å². The maximum atomic E-state index is 12.0. The van der Waals surface area contributed by atoms with Crippen molar-refractivity contribution < 1.29 is 19.1 Å². The number of hydrogen-bond donors (Lipinski definition) is 0. The molecule has 0 amide bonds. The van der Waals surface area contributed by atoms with Crippen LogP contribution in [0.3, 0.4) is 0 Å². The first kappa shape index (κ1) is 13.5. The lowest BCUT2D eigenvalue weighted by Crippen LogP contribution is -2.38. The monoisotopic (exact) mass is 260 g/mol. The minimum absolute atomic E-state index is 0.112. The fourth-order valence-electron chi connectivity index (χ4n) is 2.50. The SMILES string of the molecule is CCOC(=O)[C@H]1C(=O)CC(=O)C[C@H]1c1ccccc1. The number of ether oxygens (including phenoxy) is 1. The summed E-state index contributed by atoms with van der Waals surface area (Å²) in [5, 5.41) is 0. The molecule has 19 heavy (non-hydrogen) atoms. The van der Waals surface area contributed by atoms with Crippen LogP contribution in [0.1, 0.15) is 31.2 Å². The number of carbonyl (C=O) groups is 3. The molecule has 0 unspecified atom stereocenters. The molecule has 0 radical (unpaired) electrons. The first-order valence-electron chi connectivity index (χ1n) is 6.39. The molecule has 1 fully saturated rings. The summed E-state index contributed by atoms with van der Waals surface area (Å²) >= 11 is 0. The van der Waals surface area contributed by atoms with Gasteiger partial charge in [-0.2, -0.15) is 0 Å². The van der Waals surface area contributed by atoms with Crippen LogP contribution < -0.4 is 0 Å². The molecular formula is C15H16O4. The lowest BCUT2D eigenvalue weighted by atomic mass is 9.74. The third-order valence-electron chi connectivity index (χ3n) is 3.34. The van der Waals surface area contributed by atoms with Gasteiger partial charge in [0.25, 0.3) is 0 Å². The first-order valence-corrected chi connectivity index (χ1v) is 6.39. The van der Waals surface area contributed by atoms with Crippen LogP contribution in [-0.2, 0) is 19.1 Å². The van der Waals surface area contributed by atoms with Crippen molar-refractivity contribution in [1.29, 1.82) is 0 Å². The molecule has 0 bridgehead atoms. The van der Waals surface area contributed by atoms with E-state index in [1.54, 1.807) is 6.92 Å². The van der Waals surface area contributed by atoms with Crippen LogP contribution in [0.5, 0.6) is 0 Å². The zero-order valence-corrected chi connectivity index (χ0v) is 10.8. The molecule has 100 valence electrons. The van der Waals surface area contributed by atoms with Crippen molar-refractivity contribution in [3.05, 3.63) is 35.9 Å². The number of Topliss-reactive ketones (excluding diaryl/α,β-unsaturated/α-hetero) is 2. The van der Waals surface area contributed by atoms with Gasteiger partial charge in [0.1, 0.15) is 11.7 Å². The maximum absolute atomic E-state index is 12.0. The van der Waals surface area contributed by atoms with Crippen molar-refractivity contribution >= 4 is 17.5 Å². The molecule has 0 aliphatic heterocycles. The average Bonchev–Trinajstić information content (AvgIpc) is 2.39. The molecule has 1 aliphatic rings. The number of esters is 1.